The second kappa shape index (κ2) is 9.89. The molecule has 0 unspecified atom stereocenters. The Morgan fingerprint density at radius 1 is 0.353 bits per heavy atom. The summed E-state index contributed by atoms with van der Waals surface area (Å²) in [5, 5.41) is 6.45. The predicted octanol–water partition coefficient (Wildman–Crippen LogP) is 5.71. The summed E-state index contributed by atoms with van der Waals surface area (Å²) in [6.07, 6.45) is 0. The SMILES string of the molecule is CP(=[N+]=P(c1ccccc1)(c1ccccc1)c1ccccc1)(c1ccccc1)c1ccccc1. The monoisotopic (exact) mass is 476 g/mol. The van der Waals surface area contributed by atoms with Crippen molar-refractivity contribution in [2.24, 2.45) is 0 Å². The smallest absolute Gasteiger partial charge is 0.153 e. The summed E-state index contributed by atoms with van der Waals surface area (Å²) >= 11 is 0. The minimum atomic E-state index is -2.33. The van der Waals surface area contributed by atoms with Crippen LogP contribution in [-0.4, -0.2) is 6.66 Å². The zero-order chi connectivity index (χ0) is 23.3. The lowest BCUT2D eigenvalue weighted by molar-refractivity contribution is 1.67. The maximum atomic E-state index is 6.11. The van der Waals surface area contributed by atoms with E-state index < -0.39 is 14.1 Å². The Kier molecular flexibility index (Phi) is 6.53. The molecule has 0 saturated heterocycles. The van der Waals surface area contributed by atoms with Crippen molar-refractivity contribution in [2.75, 3.05) is 6.66 Å². The molecule has 0 amide bonds. The van der Waals surface area contributed by atoms with Crippen LogP contribution < -0.4 is 30.7 Å². The van der Waals surface area contributed by atoms with E-state index in [9.17, 15) is 0 Å². The summed E-state index contributed by atoms with van der Waals surface area (Å²) in [5.74, 6) is 0. The highest BCUT2D eigenvalue weighted by Gasteiger charge is 2.40. The molecule has 0 aliphatic rings. The van der Waals surface area contributed by atoms with Crippen LogP contribution in [0.4, 0.5) is 0 Å². The minimum Gasteiger partial charge on any atom is -0.153 e. The summed E-state index contributed by atoms with van der Waals surface area (Å²) < 4.78 is 6.11. The van der Waals surface area contributed by atoms with Crippen molar-refractivity contribution >= 4 is 40.6 Å². The van der Waals surface area contributed by atoms with Gasteiger partial charge in [-0.25, -0.2) is 0 Å². The second-order valence-corrected chi connectivity index (χ2v) is 14.8. The molecule has 0 aromatic heterocycles. The Bertz CT molecular complexity index is 1330. The van der Waals surface area contributed by atoms with E-state index in [1.807, 2.05) is 0 Å². The Balaban J connectivity index is 2.11. The lowest BCUT2D eigenvalue weighted by Gasteiger charge is -2.18. The van der Waals surface area contributed by atoms with Gasteiger partial charge in [0.15, 0.2) is 0 Å². The number of rotatable bonds is 5. The molecule has 166 valence electrons. The molecule has 0 atom stereocenters. The van der Waals surface area contributed by atoms with Crippen molar-refractivity contribution in [3.8, 4) is 0 Å². The van der Waals surface area contributed by atoms with Crippen LogP contribution in [0.1, 0.15) is 0 Å². The highest BCUT2D eigenvalue weighted by atomic mass is 31.2. The average Bonchev–Trinajstić information content (AvgIpc) is 2.94. The van der Waals surface area contributed by atoms with E-state index in [0.29, 0.717) is 0 Å². The first-order valence-corrected chi connectivity index (χ1v) is 15.4. The van der Waals surface area contributed by atoms with Crippen molar-refractivity contribution in [3.05, 3.63) is 152 Å². The first-order chi connectivity index (χ1) is 16.7. The summed E-state index contributed by atoms with van der Waals surface area (Å²) in [6, 6.07) is 54.5. The maximum Gasteiger partial charge on any atom is 0.300 e. The highest BCUT2D eigenvalue weighted by molar-refractivity contribution is 7.91. The summed E-state index contributed by atoms with van der Waals surface area (Å²) in [7, 11) is -4.45. The first-order valence-electron chi connectivity index (χ1n) is 11.5. The average molecular weight is 477 g/mol. The minimum absolute atomic E-state index is 1.28. The van der Waals surface area contributed by atoms with Crippen LogP contribution in [0.5, 0.6) is 0 Å². The van der Waals surface area contributed by atoms with Crippen molar-refractivity contribution < 1.29 is 0 Å². The van der Waals surface area contributed by atoms with Crippen molar-refractivity contribution in [1.29, 1.82) is 0 Å². The topological polar surface area (TPSA) is 14.1 Å². The van der Waals surface area contributed by atoms with Gasteiger partial charge < -0.3 is 0 Å². The van der Waals surface area contributed by atoms with E-state index >= 15 is 0 Å². The Hall–Kier alpha value is -3.33. The number of nitrogens with zero attached hydrogens (tertiary/aromatic N) is 1. The lowest BCUT2D eigenvalue weighted by atomic mass is 10.4. The van der Waals surface area contributed by atoms with Gasteiger partial charge in [0.25, 0.3) is 7.05 Å². The van der Waals surface area contributed by atoms with Crippen LogP contribution in [-0.2, 0) is 0 Å². The molecule has 0 N–H and O–H groups in total. The van der Waals surface area contributed by atoms with Gasteiger partial charge in [-0.3, -0.25) is 0 Å². The van der Waals surface area contributed by atoms with Gasteiger partial charge in [-0.05, 0) is 60.7 Å². The predicted molar refractivity (Wildman–Crippen MR) is 152 cm³/mol. The zero-order valence-corrected chi connectivity index (χ0v) is 21.1. The highest BCUT2D eigenvalue weighted by Crippen LogP contribution is 2.48. The first kappa shape index (κ1) is 22.5. The van der Waals surface area contributed by atoms with Crippen LogP contribution in [0.3, 0.4) is 0 Å². The molecule has 5 rings (SSSR count). The molecule has 0 aliphatic carbocycles. The summed E-state index contributed by atoms with van der Waals surface area (Å²) in [6.45, 7) is 2.38. The summed E-state index contributed by atoms with van der Waals surface area (Å²) in [5.41, 5.74) is 0. The fourth-order valence-corrected chi connectivity index (χ4v) is 13.2. The van der Waals surface area contributed by atoms with Gasteiger partial charge >= 0.3 is 7.05 Å². The third-order valence-electron chi connectivity index (χ3n) is 6.22. The fourth-order valence-electron chi connectivity index (χ4n) is 4.49. The van der Waals surface area contributed by atoms with Crippen LogP contribution in [0.15, 0.2) is 152 Å². The molecular weight excluding hydrogens is 448 g/mol. The van der Waals surface area contributed by atoms with Gasteiger partial charge in [0, 0.05) is 6.66 Å². The van der Waals surface area contributed by atoms with Gasteiger partial charge in [0.1, 0.15) is 0 Å². The number of hydrogen-bond acceptors (Lipinski definition) is 0. The molecule has 5 aromatic carbocycles. The van der Waals surface area contributed by atoms with Gasteiger partial charge in [0.2, 0.25) is 0 Å². The maximum absolute atomic E-state index is 6.11. The molecule has 0 aliphatic heterocycles. The standard InChI is InChI=1S/C31H28NP2/c1-33(27-17-7-2-8-18-27,28-19-9-3-10-20-28)32-34(29-21-11-4-12-22-29,30-23-13-5-14-24-30)31-25-15-6-16-26-31/h2-26H,1H3/q+1. The quantitative estimate of drug-likeness (QED) is 0.228. The summed E-state index contributed by atoms with van der Waals surface area (Å²) in [4.78, 5) is 0. The van der Waals surface area contributed by atoms with Crippen molar-refractivity contribution in [2.45, 2.75) is 0 Å². The molecule has 0 spiro atoms. The zero-order valence-electron chi connectivity index (χ0n) is 19.3. The van der Waals surface area contributed by atoms with E-state index in [2.05, 4.69) is 158 Å². The second-order valence-electron chi connectivity index (χ2n) is 8.36. The molecule has 0 radical (unpaired) electrons. The van der Waals surface area contributed by atoms with Crippen LogP contribution in [0.2, 0.25) is 0 Å². The van der Waals surface area contributed by atoms with E-state index in [1.165, 1.54) is 26.5 Å². The molecule has 0 fully saturated rings. The number of benzene rings is 5. The van der Waals surface area contributed by atoms with E-state index in [-0.39, 0.29) is 0 Å². The lowest BCUT2D eigenvalue weighted by Crippen LogP contribution is -2.28. The van der Waals surface area contributed by atoms with Gasteiger partial charge in [-0.2, -0.15) is 4.17 Å². The Morgan fingerprint density at radius 2 is 0.588 bits per heavy atom. The Labute approximate surface area is 202 Å². The van der Waals surface area contributed by atoms with Crippen molar-refractivity contribution in [3.63, 3.8) is 0 Å². The van der Waals surface area contributed by atoms with Gasteiger partial charge in [-0.15, -0.1) is 0 Å². The fraction of sp³-hybridized carbons (Fsp3) is 0.0323. The van der Waals surface area contributed by atoms with E-state index in [4.69, 9.17) is 4.17 Å². The molecule has 0 bridgehead atoms. The van der Waals surface area contributed by atoms with E-state index in [1.54, 1.807) is 0 Å². The molecule has 3 heteroatoms. The molecule has 0 saturated carbocycles. The molecular formula is C31H28NP2+. The van der Waals surface area contributed by atoms with Crippen LogP contribution >= 0.6 is 14.1 Å². The largest absolute Gasteiger partial charge is 0.300 e. The normalized spacial score (nSPS) is 11.6. The van der Waals surface area contributed by atoms with Crippen LogP contribution in [0, 0.1) is 0 Å². The molecule has 34 heavy (non-hydrogen) atoms. The van der Waals surface area contributed by atoms with Crippen molar-refractivity contribution in [1.82, 2.24) is 4.17 Å². The van der Waals surface area contributed by atoms with Gasteiger partial charge in [-0.1, -0.05) is 91.0 Å². The third kappa shape index (κ3) is 4.16. The van der Waals surface area contributed by atoms with Crippen LogP contribution in [0.25, 0.3) is 0 Å². The Morgan fingerprint density at radius 3 is 0.853 bits per heavy atom. The number of hydrogen-bond donors (Lipinski definition) is 0. The molecule has 1 nitrogen and oxygen atoms in total. The molecule has 0 heterocycles. The third-order valence-corrected chi connectivity index (χ3v) is 14.5. The van der Waals surface area contributed by atoms with E-state index in [0.717, 1.165) is 0 Å². The van der Waals surface area contributed by atoms with Gasteiger partial charge in [0.05, 0.1) is 26.5 Å². The molecule has 5 aromatic rings.